The van der Waals surface area contributed by atoms with Crippen LogP contribution in [0.2, 0.25) is 0 Å². The molecule has 0 aromatic carbocycles. The normalized spacial score (nSPS) is 37.0. The molecule has 1 heterocycles. The van der Waals surface area contributed by atoms with Crippen molar-refractivity contribution in [2.24, 2.45) is 0 Å². The molecule has 0 bridgehead atoms. The lowest BCUT2D eigenvalue weighted by Crippen LogP contribution is -2.63. The first kappa shape index (κ1) is 20.3. The number of hydrogen-bond acceptors (Lipinski definition) is 11. The Kier molecular flexibility index (Phi) is 7.41. The Morgan fingerprint density at radius 1 is 0.913 bits per heavy atom. The molecule has 1 aliphatic rings. The van der Waals surface area contributed by atoms with E-state index in [0.29, 0.717) is 0 Å². The fraction of sp³-hybridized carbons (Fsp3) is 0.917. The van der Waals surface area contributed by atoms with Crippen molar-refractivity contribution in [2.45, 2.75) is 54.9 Å². The van der Waals surface area contributed by atoms with Gasteiger partial charge < -0.3 is 50.7 Å². The molecule has 1 fully saturated rings. The van der Waals surface area contributed by atoms with Crippen LogP contribution in [0, 0.1) is 0 Å². The number of Topliss-reactive ketones (excluding diaryl/α,β-unsaturated/α-hetero) is 1. The van der Waals surface area contributed by atoms with Gasteiger partial charge in [-0.25, -0.2) is 0 Å². The molecule has 0 amide bonds. The van der Waals surface area contributed by atoms with E-state index in [2.05, 4.69) is 0 Å². The van der Waals surface area contributed by atoms with Crippen molar-refractivity contribution in [2.75, 3.05) is 13.2 Å². The van der Waals surface area contributed by atoms with Gasteiger partial charge in [-0.05, 0) is 0 Å². The summed E-state index contributed by atoms with van der Waals surface area (Å²) in [6, 6.07) is 0. The van der Waals surface area contributed by atoms with Gasteiger partial charge in [0.2, 0.25) is 0 Å². The van der Waals surface area contributed by atoms with Crippen LogP contribution in [0.15, 0.2) is 0 Å². The molecule has 11 heteroatoms. The van der Waals surface area contributed by atoms with E-state index in [9.17, 15) is 40.5 Å². The van der Waals surface area contributed by atoms with Gasteiger partial charge in [0.05, 0.1) is 13.2 Å². The molecule has 0 aromatic rings. The fourth-order valence-electron chi connectivity index (χ4n) is 2.20. The molecule has 0 saturated carbocycles. The van der Waals surface area contributed by atoms with E-state index in [0.717, 1.165) is 0 Å². The lowest BCUT2D eigenvalue weighted by atomic mass is 9.89. The molecule has 136 valence electrons. The van der Waals surface area contributed by atoms with Gasteiger partial charge >= 0.3 is 0 Å². The second-order valence-corrected chi connectivity index (χ2v) is 5.33. The third kappa shape index (κ3) is 4.22. The topological polar surface area (TPSA) is 208 Å². The van der Waals surface area contributed by atoms with Gasteiger partial charge in [0.25, 0.3) is 0 Å². The summed E-state index contributed by atoms with van der Waals surface area (Å²) in [7, 11) is 0. The smallest absolute Gasteiger partial charge is 0.195 e. The maximum Gasteiger partial charge on any atom is 0.195 e. The second kappa shape index (κ2) is 8.39. The molecule has 1 saturated heterocycles. The van der Waals surface area contributed by atoms with Crippen molar-refractivity contribution in [1.82, 2.24) is 0 Å². The van der Waals surface area contributed by atoms with Crippen LogP contribution in [0.25, 0.3) is 0 Å². The average molecular weight is 342 g/mol. The van der Waals surface area contributed by atoms with E-state index >= 15 is 0 Å². The summed E-state index contributed by atoms with van der Waals surface area (Å²) in [4.78, 5) is 12.1. The number of aliphatic hydroxyl groups excluding tert-OH is 9. The molecule has 0 spiro atoms. The van der Waals surface area contributed by atoms with Gasteiger partial charge in [-0.2, -0.15) is 0 Å². The largest absolute Gasteiger partial charge is 0.394 e. The summed E-state index contributed by atoms with van der Waals surface area (Å²) in [6.45, 7) is -1.74. The van der Waals surface area contributed by atoms with Crippen LogP contribution in [0.5, 0.6) is 0 Å². The summed E-state index contributed by atoms with van der Waals surface area (Å²) in [6.07, 6.45) is -17.2. The minimum Gasteiger partial charge on any atom is -0.394 e. The number of rotatable bonds is 7. The molecule has 0 aromatic heterocycles. The highest BCUT2D eigenvalue weighted by Gasteiger charge is 2.49. The van der Waals surface area contributed by atoms with Gasteiger partial charge in [0, 0.05) is 0 Å². The van der Waals surface area contributed by atoms with Gasteiger partial charge in [0.1, 0.15) is 54.9 Å². The Bertz CT molecular complexity index is 389. The van der Waals surface area contributed by atoms with E-state index in [1.807, 2.05) is 0 Å². The summed E-state index contributed by atoms with van der Waals surface area (Å²) >= 11 is 0. The number of hydrogen-bond donors (Lipinski definition) is 9. The Hall–Kier alpha value is -0.730. The highest BCUT2D eigenvalue weighted by Crippen LogP contribution is 2.23. The highest BCUT2D eigenvalue weighted by molar-refractivity contribution is 5.88. The molecular formula is C12H22O11. The molecule has 23 heavy (non-hydrogen) atoms. The number of carbonyl (C=O) groups excluding carboxylic acids is 1. The summed E-state index contributed by atoms with van der Waals surface area (Å²) in [5.74, 6) is -1.35. The zero-order chi connectivity index (χ0) is 17.9. The number of ketones is 1. The quantitative estimate of drug-likeness (QED) is 0.212. The van der Waals surface area contributed by atoms with Crippen molar-refractivity contribution >= 4 is 5.78 Å². The standard InChI is InChI=1S/C12H22O11/c13-1-3(15)5(16)7(18)9(20)11(22)12-10(21)8(19)6(17)4(2-14)23-12/h3-10,12-21H,1-2H2/t3-,4+,5+,6+,7-,8-,9-,10+,12?/m0/s1. The first-order chi connectivity index (χ1) is 10.7. The van der Waals surface area contributed by atoms with Gasteiger partial charge in [-0.15, -0.1) is 0 Å². The van der Waals surface area contributed by atoms with Crippen LogP contribution >= 0.6 is 0 Å². The molecule has 9 atom stereocenters. The molecule has 11 nitrogen and oxygen atoms in total. The molecule has 1 aliphatic heterocycles. The summed E-state index contributed by atoms with van der Waals surface area (Å²) < 4.78 is 4.91. The van der Waals surface area contributed by atoms with Crippen LogP contribution in [0.3, 0.4) is 0 Å². The maximum atomic E-state index is 12.1. The van der Waals surface area contributed by atoms with Crippen LogP contribution in [-0.2, 0) is 9.53 Å². The minimum atomic E-state index is -2.33. The van der Waals surface area contributed by atoms with E-state index in [1.54, 1.807) is 0 Å². The van der Waals surface area contributed by atoms with Crippen LogP contribution in [0.1, 0.15) is 0 Å². The van der Waals surface area contributed by atoms with Gasteiger partial charge in [-0.3, -0.25) is 4.79 Å². The zero-order valence-electron chi connectivity index (χ0n) is 12.0. The molecular weight excluding hydrogens is 320 g/mol. The van der Waals surface area contributed by atoms with Crippen molar-refractivity contribution in [3.8, 4) is 0 Å². The van der Waals surface area contributed by atoms with Crippen molar-refractivity contribution in [3.63, 3.8) is 0 Å². The number of aliphatic hydroxyl groups is 9. The van der Waals surface area contributed by atoms with E-state index in [-0.39, 0.29) is 0 Å². The van der Waals surface area contributed by atoms with Crippen LogP contribution < -0.4 is 0 Å². The number of ether oxygens (including phenoxy) is 1. The Morgan fingerprint density at radius 3 is 1.96 bits per heavy atom. The summed E-state index contributed by atoms with van der Waals surface area (Å²) in [5.41, 5.74) is 0. The minimum absolute atomic E-state index is 0.792. The third-order valence-electron chi connectivity index (χ3n) is 3.72. The monoisotopic (exact) mass is 342 g/mol. The Labute approximate surface area is 130 Å². The van der Waals surface area contributed by atoms with Crippen molar-refractivity contribution in [3.05, 3.63) is 0 Å². The first-order valence-electron chi connectivity index (χ1n) is 6.84. The molecule has 0 radical (unpaired) electrons. The Morgan fingerprint density at radius 2 is 1.48 bits per heavy atom. The van der Waals surface area contributed by atoms with Gasteiger partial charge in [-0.1, -0.05) is 0 Å². The van der Waals surface area contributed by atoms with Crippen LogP contribution in [0.4, 0.5) is 0 Å². The van der Waals surface area contributed by atoms with Gasteiger partial charge in [0.15, 0.2) is 5.78 Å². The second-order valence-electron chi connectivity index (χ2n) is 5.33. The molecule has 0 aliphatic carbocycles. The van der Waals surface area contributed by atoms with Crippen LogP contribution in [-0.4, -0.2) is 120 Å². The van der Waals surface area contributed by atoms with E-state index in [4.69, 9.17) is 14.9 Å². The molecule has 9 N–H and O–H groups in total. The SMILES string of the molecule is O=C(C1O[C@H](CO)[C@@H](O)[C@H](O)[C@H]1O)[C@@H](O)[C@@H](O)[C@H](O)[C@@H](O)CO. The van der Waals surface area contributed by atoms with E-state index < -0.39 is 73.9 Å². The predicted octanol–water partition coefficient (Wildman–Crippen LogP) is -6.17. The fourth-order valence-corrected chi connectivity index (χ4v) is 2.20. The zero-order valence-corrected chi connectivity index (χ0v) is 12.0. The van der Waals surface area contributed by atoms with E-state index in [1.165, 1.54) is 0 Å². The first-order valence-corrected chi connectivity index (χ1v) is 6.84. The number of carbonyl (C=O) groups is 1. The Balaban J connectivity index is 2.85. The predicted molar refractivity (Wildman–Crippen MR) is 69.9 cm³/mol. The highest BCUT2D eigenvalue weighted by atomic mass is 16.5. The summed E-state index contributed by atoms with van der Waals surface area (Å²) in [5, 5.41) is 84.5. The lowest BCUT2D eigenvalue weighted by Gasteiger charge is -2.40. The van der Waals surface area contributed by atoms with Crippen molar-refractivity contribution < 1.29 is 55.5 Å². The lowest BCUT2D eigenvalue weighted by molar-refractivity contribution is -0.231. The van der Waals surface area contributed by atoms with Crippen molar-refractivity contribution in [1.29, 1.82) is 0 Å². The third-order valence-corrected chi connectivity index (χ3v) is 3.72. The average Bonchev–Trinajstić information content (AvgIpc) is 2.56. The molecule has 1 unspecified atom stereocenters. The maximum absolute atomic E-state index is 12.1. The molecule has 1 rings (SSSR count).